The maximum absolute atomic E-state index is 14.7. The fraction of sp³-hybridized carbons (Fsp3) is 0.579. The zero-order chi connectivity index (χ0) is 63.5. The highest BCUT2D eigenvalue weighted by Crippen LogP contribution is 2.33. The van der Waals surface area contributed by atoms with Gasteiger partial charge in [0.1, 0.15) is 42.9 Å². The maximum Gasteiger partial charge on any atom is 0.315 e. The molecule has 0 spiro atoms. The predicted octanol–water partition coefficient (Wildman–Crippen LogP) is -2.76. The van der Waals surface area contributed by atoms with Crippen LogP contribution in [0.15, 0.2) is 61.6 Å². The Morgan fingerprint density at radius 2 is 1.39 bits per heavy atom. The smallest absolute Gasteiger partial charge is 0.315 e. The average Bonchev–Trinajstić information content (AvgIpc) is 2.03. The van der Waals surface area contributed by atoms with E-state index in [-0.39, 0.29) is 101 Å². The summed E-state index contributed by atoms with van der Waals surface area (Å²) in [6.45, 7) is 3.73. The fourth-order valence-electron chi connectivity index (χ4n) is 10.2. The molecule has 32 heteroatoms. The third kappa shape index (κ3) is 22.9. The molecule has 2 fully saturated rings. The number of aromatic amines is 2. The molecule has 3 aliphatic heterocycles. The molecule has 2 bridgehead atoms. The number of nitrogens with zero attached hydrogens (tertiary/aromatic N) is 5. The van der Waals surface area contributed by atoms with E-state index in [4.69, 9.17) is 19.9 Å². The number of ether oxygens (including phenoxy) is 3. The Balaban J connectivity index is 0.979. The molecule has 0 radical (unpaired) electrons. The molecule has 3 aliphatic rings. The number of benzene rings is 1. The summed E-state index contributed by atoms with van der Waals surface area (Å²) < 4.78 is 18.3. The second-order valence-electron chi connectivity index (χ2n) is 22.2. The van der Waals surface area contributed by atoms with Crippen molar-refractivity contribution in [1.82, 2.24) is 88.1 Å². The van der Waals surface area contributed by atoms with E-state index < -0.39 is 103 Å². The number of unbranched alkanes of at least 4 members (excludes halogenated alkanes) is 1. The van der Waals surface area contributed by atoms with E-state index in [9.17, 15) is 47.9 Å². The quantitative estimate of drug-likeness (QED) is 0.0236. The summed E-state index contributed by atoms with van der Waals surface area (Å²) in [6.07, 6.45) is 10.7. The Morgan fingerprint density at radius 1 is 0.730 bits per heavy atom. The second kappa shape index (κ2) is 35.5. The van der Waals surface area contributed by atoms with Gasteiger partial charge in [0.05, 0.1) is 81.4 Å². The zero-order valence-electron chi connectivity index (χ0n) is 49.9. The molecule has 0 saturated carbocycles. The number of rotatable bonds is 25. The molecular formula is C57H82N18O13S. The normalized spacial score (nSPS) is 23.5. The molecule has 2 saturated heterocycles. The van der Waals surface area contributed by atoms with Gasteiger partial charge in [-0.2, -0.15) is 11.8 Å². The number of hydrogen-bond donors (Lipinski definition) is 13. The fourth-order valence-corrected chi connectivity index (χ4v) is 11.7. The Hall–Kier alpha value is -8.49. The van der Waals surface area contributed by atoms with Gasteiger partial charge in [0.25, 0.3) is 0 Å². The van der Waals surface area contributed by atoms with Crippen molar-refractivity contribution in [2.45, 2.75) is 145 Å². The van der Waals surface area contributed by atoms with Gasteiger partial charge in [-0.05, 0) is 43.6 Å². The van der Waals surface area contributed by atoms with Crippen LogP contribution in [0, 0.1) is 5.92 Å². The van der Waals surface area contributed by atoms with Gasteiger partial charge in [-0.25, -0.2) is 14.8 Å². The number of aromatic nitrogens is 7. The molecule has 9 atom stereocenters. The minimum absolute atomic E-state index is 0.00559. The lowest BCUT2D eigenvalue weighted by molar-refractivity contribution is -0.136. The molecule has 1 aromatic carbocycles. The van der Waals surface area contributed by atoms with Crippen molar-refractivity contribution in [3.05, 3.63) is 84.2 Å². The van der Waals surface area contributed by atoms with E-state index in [0.29, 0.717) is 48.0 Å². The predicted molar refractivity (Wildman–Crippen MR) is 320 cm³/mol. The number of aryl methyl sites for hydroxylation is 1. The van der Waals surface area contributed by atoms with Crippen LogP contribution in [-0.4, -0.2) is 206 Å². The summed E-state index contributed by atoms with van der Waals surface area (Å²) in [4.78, 5) is 149. The van der Waals surface area contributed by atoms with Crippen LogP contribution in [0.1, 0.15) is 81.4 Å². The van der Waals surface area contributed by atoms with Gasteiger partial charge in [0, 0.05) is 74.8 Å². The van der Waals surface area contributed by atoms with E-state index in [1.54, 1.807) is 50.4 Å². The van der Waals surface area contributed by atoms with E-state index in [1.807, 2.05) is 11.8 Å². The van der Waals surface area contributed by atoms with Crippen molar-refractivity contribution < 1.29 is 62.2 Å². The number of hydrogen-bond acceptors (Lipinski definition) is 18. The van der Waals surface area contributed by atoms with E-state index in [0.717, 1.165) is 25.0 Å². The van der Waals surface area contributed by atoms with Crippen LogP contribution in [0.3, 0.4) is 0 Å². The summed E-state index contributed by atoms with van der Waals surface area (Å²) in [7, 11) is 0. The van der Waals surface area contributed by atoms with Crippen molar-refractivity contribution >= 4 is 71.0 Å². The van der Waals surface area contributed by atoms with Crippen molar-refractivity contribution in [2.75, 3.05) is 58.5 Å². The van der Waals surface area contributed by atoms with Crippen LogP contribution < -0.4 is 58.9 Å². The van der Waals surface area contributed by atoms with E-state index in [1.165, 1.54) is 29.7 Å². The SMILES string of the molecule is CC(C)[C@H]1NC(=O)[C@@H](Cc2c[nH]cn2)NC(=O)[C@@H](Cc2ccccc2)NC(=O)[C@@H](NC(=O)COCCOCCOCCNC(=O)CCCC[C@H]2SC[C@H]3NC(=O)N[C@H]32)Cc2cn(nn2)CCCC[C@@H](C(N)=O)NC(=O)CNC(=O)[C@@H](Cc2c[nH]cn2)NC1=O. The first-order valence-corrected chi connectivity index (χ1v) is 31.0. The van der Waals surface area contributed by atoms with E-state index in [2.05, 4.69) is 83.4 Å². The van der Waals surface area contributed by atoms with Crippen LogP contribution in [0.4, 0.5) is 4.79 Å². The van der Waals surface area contributed by atoms with Gasteiger partial charge in [0.15, 0.2) is 0 Å². The number of primary amides is 1. The number of nitrogens with two attached hydrogens (primary N) is 1. The molecule has 7 rings (SSSR count). The number of fused-ring (bicyclic) bond motifs is 3. The maximum atomic E-state index is 14.7. The molecule has 0 aliphatic carbocycles. The number of thioether (sulfide) groups is 1. The second-order valence-corrected chi connectivity index (χ2v) is 23.4. The minimum Gasteiger partial charge on any atom is -0.377 e. The van der Waals surface area contributed by atoms with Crippen LogP contribution in [0.25, 0.3) is 0 Å². The van der Waals surface area contributed by atoms with Gasteiger partial charge in [-0.1, -0.05) is 55.8 Å². The van der Waals surface area contributed by atoms with Crippen molar-refractivity contribution in [2.24, 2.45) is 11.7 Å². The summed E-state index contributed by atoms with van der Waals surface area (Å²) in [6, 6.07) is 1.15. The number of imidazole rings is 2. The Morgan fingerprint density at radius 3 is 2.09 bits per heavy atom. The molecular weight excluding hydrogens is 1180 g/mol. The molecule has 6 heterocycles. The van der Waals surface area contributed by atoms with Gasteiger partial charge in [-0.3, -0.25) is 47.8 Å². The zero-order valence-corrected chi connectivity index (χ0v) is 50.7. The highest BCUT2D eigenvalue weighted by molar-refractivity contribution is 8.00. The standard InChI is InChI=1S/C57H82N18O13S/c1-34(2)49-56(84)69-41(23-36-26-59-32-63-36)52(80)62-28-47(77)65-39(51(58)79)12-8-9-16-75-29-38(73-74-75)25-42(54(82)67-40(22-35-10-4-3-5-11-35)53(81)68-43(55(83)71-49)24-37-27-60-33-64-37)66-48(78)30-88-21-20-87-19-18-86-17-15-61-46(76)14-7-6-13-45-50-44(31-89-45)70-57(85)72-50/h3-5,10-11,26-27,29,32-34,39-45,49-50H,6-9,12-25,28,30-31H2,1-2H3,(H2,58,79)(H,59,63)(H,60,64)(H,61,76)(H,62,80)(H,65,77)(H,66,78)(H,67,82)(H,68,81)(H,69,84)(H,71,83)(H2,70,72,85)/t39-,40+,41+,42-,43+,44+,45+,49+,50+/m0/s1. The van der Waals surface area contributed by atoms with Crippen molar-refractivity contribution in [3.63, 3.8) is 0 Å². The summed E-state index contributed by atoms with van der Waals surface area (Å²) in [5, 5.41) is 36.3. The summed E-state index contributed by atoms with van der Waals surface area (Å²) in [5.41, 5.74) is 7.33. The number of amides is 11. The lowest BCUT2D eigenvalue weighted by atomic mass is 10.0. The molecule has 484 valence electrons. The lowest BCUT2D eigenvalue weighted by Crippen LogP contribution is -2.61. The van der Waals surface area contributed by atoms with Crippen LogP contribution >= 0.6 is 11.8 Å². The van der Waals surface area contributed by atoms with Crippen LogP contribution in [0.5, 0.6) is 0 Å². The first kappa shape index (κ1) is 68.0. The van der Waals surface area contributed by atoms with E-state index >= 15 is 0 Å². The first-order valence-electron chi connectivity index (χ1n) is 29.9. The monoisotopic (exact) mass is 1260 g/mol. The molecule has 11 amide bonds. The minimum atomic E-state index is -1.40. The number of H-pyrrole nitrogens is 2. The third-order valence-corrected chi connectivity index (χ3v) is 16.4. The van der Waals surface area contributed by atoms with Crippen molar-refractivity contribution in [3.8, 4) is 0 Å². The summed E-state index contributed by atoms with van der Waals surface area (Å²) >= 11 is 1.85. The highest BCUT2D eigenvalue weighted by atomic mass is 32.2. The van der Waals surface area contributed by atoms with Gasteiger partial charge < -0.3 is 83.1 Å². The van der Waals surface area contributed by atoms with Crippen LogP contribution in [0.2, 0.25) is 0 Å². The molecule has 14 N–H and O–H groups in total. The summed E-state index contributed by atoms with van der Waals surface area (Å²) in [5.74, 6) is -5.95. The Labute approximate surface area is 518 Å². The largest absolute Gasteiger partial charge is 0.377 e. The molecule has 0 unspecified atom stereocenters. The van der Waals surface area contributed by atoms with Gasteiger partial charge >= 0.3 is 6.03 Å². The number of carbonyl (C=O) groups is 10. The Bertz CT molecular complexity index is 2950. The number of nitrogens with one attached hydrogen (secondary N) is 12. The average molecular weight is 1260 g/mol. The molecule has 89 heavy (non-hydrogen) atoms. The first-order chi connectivity index (χ1) is 43.0. The molecule has 31 nitrogen and oxygen atoms in total. The number of carbonyl (C=O) groups excluding carboxylic acids is 10. The lowest BCUT2D eigenvalue weighted by Gasteiger charge is -2.28. The number of urea groups is 1. The highest BCUT2D eigenvalue weighted by Gasteiger charge is 2.43. The Kier molecular flexibility index (Phi) is 27.1. The molecule has 3 aromatic heterocycles. The molecule has 4 aromatic rings. The van der Waals surface area contributed by atoms with Gasteiger partial charge in [0.2, 0.25) is 53.2 Å². The van der Waals surface area contributed by atoms with Gasteiger partial charge in [-0.15, -0.1) is 5.10 Å². The topological polar surface area (TPSA) is 433 Å². The van der Waals surface area contributed by atoms with Crippen molar-refractivity contribution in [1.29, 1.82) is 0 Å². The van der Waals surface area contributed by atoms with Crippen LogP contribution in [-0.2, 0) is 89.6 Å². The third-order valence-electron chi connectivity index (χ3n) is 14.9.